The maximum Gasteiger partial charge on any atom is 0.255 e. The van der Waals surface area contributed by atoms with Crippen LogP contribution in [0.25, 0.3) is 0 Å². The minimum atomic E-state index is -0.0471. The monoisotopic (exact) mass is 408 g/mol. The summed E-state index contributed by atoms with van der Waals surface area (Å²) >= 11 is 0. The molecule has 30 heavy (non-hydrogen) atoms. The second-order valence-electron chi connectivity index (χ2n) is 10.0. The molecule has 4 aliphatic carbocycles. The van der Waals surface area contributed by atoms with E-state index in [1.165, 1.54) is 38.5 Å². The first-order valence-corrected chi connectivity index (χ1v) is 11.4. The van der Waals surface area contributed by atoms with E-state index in [9.17, 15) is 4.79 Å². The van der Waals surface area contributed by atoms with Crippen LogP contribution in [-0.2, 0) is 6.61 Å². The lowest BCUT2D eigenvalue weighted by atomic mass is 9.49. The van der Waals surface area contributed by atoms with Crippen LogP contribution in [0.3, 0.4) is 0 Å². The second kappa shape index (κ2) is 7.75. The first-order chi connectivity index (χ1) is 14.5. The maximum absolute atomic E-state index is 12.9. The molecule has 1 aromatic heterocycles. The zero-order valence-corrected chi connectivity index (χ0v) is 18.1. The lowest BCUT2D eigenvalue weighted by Crippen LogP contribution is -2.47. The summed E-state index contributed by atoms with van der Waals surface area (Å²) in [5, 5.41) is 7.15. The average Bonchev–Trinajstić information content (AvgIpc) is 3.03. The number of amides is 1. The van der Waals surface area contributed by atoms with Crippen molar-refractivity contribution in [3.63, 3.8) is 0 Å². The highest BCUT2D eigenvalue weighted by Gasteiger charge is 2.50. The van der Waals surface area contributed by atoms with Crippen molar-refractivity contribution < 1.29 is 14.1 Å². The Morgan fingerprint density at radius 2 is 1.80 bits per heavy atom. The van der Waals surface area contributed by atoms with E-state index in [4.69, 9.17) is 9.26 Å². The second-order valence-corrected chi connectivity index (χ2v) is 10.0. The highest BCUT2D eigenvalue weighted by Crippen LogP contribution is 2.61. The number of benzene rings is 1. The minimum Gasteiger partial charge on any atom is -0.488 e. The van der Waals surface area contributed by atoms with Gasteiger partial charge in [0.15, 0.2) is 0 Å². The first kappa shape index (κ1) is 19.7. The number of nitrogens with zero attached hydrogens (tertiary/aromatic N) is 1. The Hall–Kier alpha value is -2.30. The molecule has 160 valence electrons. The molecule has 1 heterocycles. The first-order valence-electron chi connectivity index (χ1n) is 11.4. The molecule has 4 aliphatic rings. The normalized spacial score (nSPS) is 29.2. The number of carbonyl (C=O) groups excluding carboxylic acids is 1. The molecule has 1 aromatic carbocycles. The topological polar surface area (TPSA) is 64.4 Å². The quantitative estimate of drug-likeness (QED) is 0.683. The molecule has 0 radical (unpaired) electrons. The van der Waals surface area contributed by atoms with Gasteiger partial charge in [0.2, 0.25) is 0 Å². The summed E-state index contributed by atoms with van der Waals surface area (Å²) in [6, 6.07) is 7.47. The standard InChI is InChI=1S/C25H32N2O3/c1-16-22(17(2)30-27-16)15-29-23-6-4-3-5-21(23)24(28)26-8-7-25-12-18-9-19(13-25)11-20(10-18)14-25/h3-6,18-20H,7-15H2,1-2H3,(H,26,28). The predicted molar refractivity (Wildman–Crippen MR) is 114 cm³/mol. The highest BCUT2D eigenvalue weighted by molar-refractivity contribution is 5.96. The number of rotatable bonds is 7. The van der Waals surface area contributed by atoms with Crippen LogP contribution in [0.4, 0.5) is 0 Å². The van der Waals surface area contributed by atoms with E-state index in [0.717, 1.165) is 47.7 Å². The number of ether oxygens (including phenoxy) is 1. The smallest absolute Gasteiger partial charge is 0.255 e. The van der Waals surface area contributed by atoms with E-state index >= 15 is 0 Å². The summed E-state index contributed by atoms with van der Waals surface area (Å²) in [5.74, 6) is 4.16. The molecular formula is C25H32N2O3. The molecule has 0 spiro atoms. The lowest BCUT2D eigenvalue weighted by Gasteiger charge is -2.57. The maximum atomic E-state index is 12.9. The number of hydrogen-bond donors (Lipinski definition) is 1. The Morgan fingerprint density at radius 1 is 1.13 bits per heavy atom. The molecule has 4 saturated carbocycles. The van der Waals surface area contributed by atoms with Crippen LogP contribution in [0.1, 0.15) is 72.3 Å². The highest BCUT2D eigenvalue weighted by atomic mass is 16.5. The van der Waals surface area contributed by atoms with Gasteiger partial charge in [-0.2, -0.15) is 0 Å². The summed E-state index contributed by atoms with van der Waals surface area (Å²) < 4.78 is 11.2. The van der Waals surface area contributed by atoms with Crippen LogP contribution in [-0.4, -0.2) is 17.6 Å². The molecule has 0 saturated heterocycles. The Balaban J connectivity index is 1.20. The Morgan fingerprint density at radius 3 is 2.43 bits per heavy atom. The van der Waals surface area contributed by atoms with Crippen molar-refractivity contribution in [1.82, 2.24) is 10.5 Å². The molecule has 5 heteroatoms. The van der Waals surface area contributed by atoms with Gasteiger partial charge in [-0.15, -0.1) is 0 Å². The fourth-order valence-electron chi connectivity index (χ4n) is 6.77. The van der Waals surface area contributed by atoms with Gasteiger partial charge in [-0.1, -0.05) is 17.3 Å². The molecule has 0 unspecified atom stereocenters. The fourth-order valence-corrected chi connectivity index (χ4v) is 6.77. The van der Waals surface area contributed by atoms with Gasteiger partial charge in [-0.25, -0.2) is 0 Å². The largest absolute Gasteiger partial charge is 0.488 e. The zero-order chi connectivity index (χ0) is 20.7. The molecule has 2 aromatic rings. The molecule has 6 rings (SSSR count). The van der Waals surface area contributed by atoms with Crippen molar-refractivity contribution in [2.75, 3.05) is 6.54 Å². The number of hydrogen-bond acceptors (Lipinski definition) is 4. The molecule has 1 amide bonds. The van der Waals surface area contributed by atoms with E-state index in [0.29, 0.717) is 23.3 Å². The van der Waals surface area contributed by atoms with Crippen LogP contribution in [0, 0.1) is 37.0 Å². The molecule has 5 nitrogen and oxygen atoms in total. The van der Waals surface area contributed by atoms with Crippen molar-refractivity contribution in [2.45, 2.75) is 65.4 Å². The van der Waals surface area contributed by atoms with E-state index in [2.05, 4.69) is 10.5 Å². The molecular weight excluding hydrogens is 376 g/mol. The fraction of sp³-hybridized carbons (Fsp3) is 0.600. The average molecular weight is 409 g/mol. The summed E-state index contributed by atoms with van der Waals surface area (Å²) in [7, 11) is 0. The molecule has 0 aliphatic heterocycles. The van der Waals surface area contributed by atoms with Gasteiger partial charge in [0.25, 0.3) is 5.91 Å². The number of aryl methyl sites for hydroxylation is 2. The van der Waals surface area contributed by atoms with Crippen molar-refractivity contribution in [3.05, 3.63) is 46.8 Å². The molecule has 4 bridgehead atoms. The van der Waals surface area contributed by atoms with Crippen LogP contribution >= 0.6 is 0 Å². The van der Waals surface area contributed by atoms with Crippen molar-refractivity contribution in [2.24, 2.45) is 23.2 Å². The number of aromatic nitrogens is 1. The van der Waals surface area contributed by atoms with Gasteiger partial charge in [0.1, 0.15) is 18.1 Å². The molecule has 0 atom stereocenters. The molecule has 4 fully saturated rings. The summed E-state index contributed by atoms with van der Waals surface area (Å²) in [6.45, 7) is 4.88. The van der Waals surface area contributed by atoms with Gasteiger partial charge in [0, 0.05) is 6.54 Å². The molecule has 1 N–H and O–H groups in total. The van der Waals surface area contributed by atoms with E-state index in [1.807, 2.05) is 38.1 Å². The minimum absolute atomic E-state index is 0.0471. The summed E-state index contributed by atoms with van der Waals surface area (Å²) in [6.07, 6.45) is 9.64. The Bertz CT molecular complexity index is 877. The van der Waals surface area contributed by atoms with Crippen molar-refractivity contribution in [1.29, 1.82) is 0 Å². The van der Waals surface area contributed by atoms with Crippen LogP contribution in [0.2, 0.25) is 0 Å². The third-order valence-corrected chi connectivity index (χ3v) is 7.79. The summed E-state index contributed by atoms with van der Waals surface area (Å²) in [5.41, 5.74) is 2.84. The van der Waals surface area contributed by atoms with Gasteiger partial charge < -0.3 is 14.6 Å². The van der Waals surface area contributed by atoms with Crippen LogP contribution < -0.4 is 10.1 Å². The predicted octanol–water partition coefficient (Wildman–Crippen LogP) is 5.21. The lowest BCUT2D eigenvalue weighted by molar-refractivity contribution is -0.0564. The van der Waals surface area contributed by atoms with Crippen molar-refractivity contribution in [3.8, 4) is 5.75 Å². The third kappa shape index (κ3) is 3.75. The summed E-state index contributed by atoms with van der Waals surface area (Å²) in [4.78, 5) is 12.9. The zero-order valence-electron chi connectivity index (χ0n) is 18.1. The van der Waals surface area contributed by atoms with Gasteiger partial charge >= 0.3 is 0 Å². The Labute approximate surface area is 178 Å². The van der Waals surface area contributed by atoms with Crippen molar-refractivity contribution >= 4 is 5.91 Å². The van der Waals surface area contributed by atoms with Crippen LogP contribution in [0.5, 0.6) is 5.75 Å². The van der Waals surface area contributed by atoms with E-state index in [-0.39, 0.29) is 5.91 Å². The van der Waals surface area contributed by atoms with Gasteiger partial charge in [-0.3, -0.25) is 4.79 Å². The Kier molecular flexibility index (Phi) is 5.08. The number of para-hydroxylation sites is 1. The van der Waals surface area contributed by atoms with Gasteiger partial charge in [-0.05, 0) is 94.1 Å². The van der Waals surface area contributed by atoms with Crippen LogP contribution in [0.15, 0.2) is 28.8 Å². The number of carbonyl (C=O) groups is 1. The van der Waals surface area contributed by atoms with Gasteiger partial charge in [0.05, 0.1) is 16.8 Å². The SMILES string of the molecule is Cc1noc(C)c1COc1ccccc1C(=O)NCCC12CC3CC(CC(C3)C1)C2. The van der Waals surface area contributed by atoms with E-state index < -0.39 is 0 Å². The third-order valence-electron chi connectivity index (χ3n) is 7.79. The van der Waals surface area contributed by atoms with E-state index in [1.54, 1.807) is 0 Å². The number of nitrogens with one attached hydrogen (secondary N) is 1.